The molecule has 16 heteroatoms. The molecule has 0 saturated heterocycles. The third kappa shape index (κ3) is 42.2. The van der Waals surface area contributed by atoms with Crippen LogP contribution in [0.1, 0.15) is 149 Å². The lowest BCUT2D eigenvalue weighted by Crippen LogP contribution is -2.30. The first-order valence-corrected chi connectivity index (χ1v) is 24.8. The lowest BCUT2D eigenvalue weighted by Gasteiger charge is -2.20. The number of hydrogen-bond acceptors (Lipinski definition) is 11. The fourth-order valence-electron chi connectivity index (χ4n) is 5.37. The second-order valence-electron chi connectivity index (χ2n) is 14.4. The fourth-order valence-corrected chi connectivity index (χ4v) is 6.53. The molecule has 0 aliphatic carbocycles. The molecule has 0 fully saturated rings. The molecule has 0 saturated carbocycles. The van der Waals surface area contributed by atoms with Gasteiger partial charge >= 0.3 is 27.6 Å². The average Bonchev–Trinajstić information content (AvgIpc) is 3.20. The molecule has 0 heterocycles. The van der Waals surface area contributed by atoms with Gasteiger partial charge in [-0.2, -0.15) is 0 Å². The van der Waals surface area contributed by atoms with Crippen LogP contribution >= 0.6 is 15.6 Å². The first-order valence-electron chi connectivity index (χ1n) is 21.7. The van der Waals surface area contributed by atoms with Gasteiger partial charge < -0.3 is 34.4 Å². The van der Waals surface area contributed by atoms with Gasteiger partial charge in [-0.3, -0.25) is 23.2 Å². The van der Waals surface area contributed by atoms with Crippen molar-refractivity contribution in [1.82, 2.24) is 0 Å². The molecule has 0 aliphatic rings. The maximum atomic E-state index is 12.7. The Hall–Kier alpha value is -2.48. The Labute approximate surface area is 359 Å². The quantitative estimate of drug-likeness (QED) is 0.0127. The topological polar surface area (TPSA) is 216 Å². The van der Waals surface area contributed by atoms with Gasteiger partial charge in [0.05, 0.1) is 25.9 Å². The van der Waals surface area contributed by atoms with Crippen LogP contribution in [-0.4, -0.2) is 81.6 Å². The second-order valence-corrected chi connectivity index (χ2v) is 17.1. The molecule has 0 aromatic heterocycles. The predicted octanol–water partition coefficient (Wildman–Crippen LogP) is 9.98. The van der Waals surface area contributed by atoms with E-state index in [1.807, 2.05) is 30.4 Å². The number of carbonyl (C=O) groups excluding carboxylic acids is 2. The van der Waals surface area contributed by atoms with Gasteiger partial charge in [0.15, 0.2) is 6.10 Å². The first kappa shape index (κ1) is 57.5. The van der Waals surface area contributed by atoms with E-state index in [1.54, 1.807) is 6.08 Å². The van der Waals surface area contributed by atoms with Gasteiger partial charge in [-0.1, -0.05) is 145 Å². The minimum absolute atomic E-state index is 0.0477. The van der Waals surface area contributed by atoms with Crippen molar-refractivity contribution in [2.24, 2.45) is 0 Å². The van der Waals surface area contributed by atoms with Crippen LogP contribution in [0.4, 0.5) is 0 Å². The van der Waals surface area contributed by atoms with Gasteiger partial charge in [-0.15, -0.1) is 0 Å². The van der Waals surface area contributed by atoms with Crippen LogP contribution in [0.2, 0.25) is 0 Å². The molecule has 4 atom stereocenters. The maximum Gasteiger partial charge on any atom is 0.472 e. The van der Waals surface area contributed by atoms with Gasteiger partial charge in [-0.25, -0.2) is 9.13 Å². The number of phosphoric acid groups is 2. The van der Waals surface area contributed by atoms with Gasteiger partial charge in [0, 0.05) is 12.8 Å². The van der Waals surface area contributed by atoms with Crippen molar-refractivity contribution < 1.29 is 66.7 Å². The number of rotatable bonds is 40. The molecule has 14 nitrogen and oxygen atoms in total. The molecule has 0 rings (SSSR count). The van der Waals surface area contributed by atoms with Crippen molar-refractivity contribution in [3.8, 4) is 0 Å². The Balaban J connectivity index is 4.69. The summed E-state index contributed by atoms with van der Waals surface area (Å²) < 4.78 is 47.6. The minimum atomic E-state index is -4.88. The molecule has 2 unspecified atom stereocenters. The van der Waals surface area contributed by atoms with E-state index in [0.29, 0.717) is 25.7 Å². The number of aliphatic hydroxyl groups excluding tert-OH is 2. The molecule has 60 heavy (non-hydrogen) atoms. The largest absolute Gasteiger partial charge is 0.472 e. The van der Waals surface area contributed by atoms with Gasteiger partial charge in [0.1, 0.15) is 12.7 Å². The molecule has 0 bridgehead atoms. The maximum absolute atomic E-state index is 12.7. The van der Waals surface area contributed by atoms with Crippen molar-refractivity contribution >= 4 is 27.6 Å². The summed E-state index contributed by atoms with van der Waals surface area (Å²) in [6, 6.07) is 0. The average molecular weight is 891 g/mol. The zero-order valence-electron chi connectivity index (χ0n) is 36.1. The predicted molar refractivity (Wildman–Crippen MR) is 236 cm³/mol. The fraction of sp³-hybridized carbons (Fsp3) is 0.682. The molecule has 0 aromatic carbocycles. The summed E-state index contributed by atoms with van der Waals surface area (Å²) in [5.74, 6) is -1.17. The molecular formula is C44H76O14P2. The molecule has 346 valence electrons. The summed E-state index contributed by atoms with van der Waals surface area (Å²) in [5, 5.41) is 19.9. The first-order chi connectivity index (χ1) is 28.8. The third-order valence-electron chi connectivity index (χ3n) is 8.67. The van der Waals surface area contributed by atoms with Gasteiger partial charge in [0.2, 0.25) is 0 Å². The smallest absolute Gasteiger partial charge is 0.462 e. The van der Waals surface area contributed by atoms with E-state index in [1.165, 1.54) is 38.5 Å². The SMILES string of the molecule is CC/C=C/C/C=C/C=C/C(O)CCCCCCCC(=O)O[C@H](COC(=O)CCC/C=C\C/C=C\C/C=C\CCCCCCCC)COP(=O)(O)OC[C@@H](O)COP(=O)(O)O. The van der Waals surface area contributed by atoms with E-state index in [2.05, 4.69) is 59.4 Å². The van der Waals surface area contributed by atoms with Gasteiger partial charge in [0.25, 0.3) is 0 Å². The van der Waals surface area contributed by atoms with Crippen LogP contribution in [0.3, 0.4) is 0 Å². The van der Waals surface area contributed by atoms with E-state index >= 15 is 0 Å². The number of hydrogen-bond donors (Lipinski definition) is 5. The van der Waals surface area contributed by atoms with Crippen molar-refractivity contribution in [2.45, 2.75) is 167 Å². The number of ether oxygens (including phenoxy) is 2. The van der Waals surface area contributed by atoms with Crippen molar-refractivity contribution in [1.29, 1.82) is 0 Å². The standard InChI is InChI=1S/C44H76O14P2/c1-3-5-7-9-11-12-13-14-15-16-17-18-19-20-22-26-30-34-43(47)54-38-42(39-57-60(52,53)56-37-41(46)36-55-59(49,50)51)58-44(48)35-31-27-23-25-29-33-40(45)32-28-24-21-10-8-6-4-2/h6,8,14-15,17-18,20-22,24,28,32,40-42,45-46H,3-5,7,9-13,16,19,23,25-27,29-31,33-39H2,1-2H3,(H,52,53)(H2,49,50,51)/b8-6+,15-14-,18-17-,22-20-,24-21+,32-28+/t40?,41-,42+/m0/s1. The van der Waals surface area contributed by atoms with Crippen molar-refractivity contribution in [3.63, 3.8) is 0 Å². The Morgan fingerprint density at radius 1 is 0.567 bits per heavy atom. The summed E-state index contributed by atoms with van der Waals surface area (Å²) in [6.45, 7) is 1.44. The Morgan fingerprint density at radius 3 is 1.80 bits per heavy atom. The zero-order chi connectivity index (χ0) is 44.6. The molecule has 0 aliphatic heterocycles. The van der Waals surface area contributed by atoms with E-state index in [9.17, 15) is 33.8 Å². The van der Waals surface area contributed by atoms with E-state index < -0.39 is 72.3 Å². The summed E-state index contributed by atoms with van der Waals surface area (Å²) in [6.07, 6.45) is 39.2. The van der Waals surface area contributed by atoms with Crippen molar-refractivity contribution in [3.05, 3.63) is 72.9 Å². The molecule has 0 spiro atoms. The third-order valence-corrected chi connectivity index (χ3v) is 10.1. The molecule has 5 N–H and O–H groups in total. The highest BCUT2D eigenvalue weighted by molar-refractivity contribution is 7.47. The van der Waals surface area contributed by atoms with Crippen LogP contribution in [0.25, 0.3) is 0 Å². The van der Waals surface area contributed by atoms with Crippen LogP contribution in [0.5, 0.6) is 0 Å². The highest BCUT2D eigenvalue weighted by atomic mass is 31.2. The highest BCUT2D eigenvalue weighted by Crippen LogP contribution is 2.43. The Bertz CT molecular complexity index is 1350. The molecule has 0 aromatic rings. The summed E-state index contributed by atoms with van der Waals surface area (Å²) in [4.78, 5) is 52.7. The van der Waals surface area contributed by atoms with Crippen molar-refractivity contribution in [2.75, 3.05) is 26.4 Å². The lowest BCUT2D eigenvalue weighted by molar-refractivity contribution is -0.161. The van der Waals surface area contributed by atoms with Crippen LogP contribution in [0, 0.1) is 0 Å². The van der Waals surface area contributed by atoms with Crippen LogP contribution in [0.15, 0.2) is 72.9 Å². The summed E-state index contributed by atoms with van der Waals surface area (Å²) in [7, 11) is -9.73. The number of esters is 2. The number of phosphoric ester groups is 2. The second kappa shape index (κ2) is 39.4. The number of carbonyl (C=O) groups is 2. The normalized spacial score (nSPS) is 15.2. The van der Waals surface area contributed by atoms with E-state index in [-0.39, 0.29) is 12.8 Å². The minimum Gasteiger partial charge on any atom is -0.462 e. The molecular weight excluding hydrogens is 814 g/mol. The lowest BCUT2D eigenvalue weighted by atomic mass is 10.1. The Kier molecular flexibility index (Phi) is 37.7. The summed E-state index contributed by atoms with van der Waals surface area (Å²) in [5.41, 5.74) is 0. The van der Waals surface area contributed by atoms with Gasteiger partial charge in [-0.05, 0) is 64.2 Å². The molecule has 0 radical (unpaired) electrons. The van der Waals surface area contributed by atoms with Crippen LogP contribution in [-0.2, 0) is 41.8 Å². The van der Waals surface area contributed by atoms with E-state index in [0.717, 1.165) is 57.8 Å². The number of unbranched alkanes of at least 4 members (excludes halogenated alkanes) is 11. The number of aliphatic hydroxyl groups is 2. The number of allylic oxidation sites excluding steroid dienone is 11. The summed E-state index contributed by atoms with van der Waals surface area (Å²) >= 11 is 0. The van der Waals surface area contributed by atoms with E-state index in [4.69, 9.17) is 23.8 Å². The van der Waals surface area contributed by atoms with Crippen LogP contribution < -0.4 is 0 Å². The monoisotopic (exact) mass is 890 g/mol. The Morgan fingerprint density at radius 2 is 1.12 bits per heavy atom. The highest BCUT2D eigenvalue weighted by Gasteiger charge is 2.28. The molecule has 0 amide bonds. The zero-order valence-corrected chi connectivity index (χ0v) is 37.9.